The molecule has 1 saturated heterocycles. The average Bonchev–Trinajstić information content (AvgIpc) is 2.49. The van der Waals surface area contributed by atoms with Crippen LogP contribution < -0.4 is 10.1 Å². The van der Waals surface area contributed by atoms with Crippen molar-refractivity contribution in [3.63, 3.8) is 0 Å². The quantitative estimate of drug-likeness (QED) is 0.789. The van der Waals surface area contributed by atoms with Crippen molar-refractivity contribution >= 4 is 24.8 Å². The van der Waals surface area contributed by atoms with Crippen molar-refractivity contribution in [3.8, 4) is 5.75 Å². The Morgan fingerprint density at radius 2 is 1.71 bits per heavy atom. The molecule has 140 valence electrons. The molecule has 1 aromatic rings. The van der Waals surface area contributed by atoms with E-state index in [4.69, 9.17) is 4.74 Å². The Morgan fingerprint density at radius 3 is 2.21 bits per heavy atom. The Kier molecular flexibility index (Phi) is 10.7. The molecule has 24 heavy (non-hydrogen) atoms. The Labute approximate surface area is 153 Å². The lowest BCUT2D eigenvalue weighted by Gasteiger charge is -2.35. The van der Waals surface area contributed by atoms with Gasteiger partial charge in [0, 0.05) is 38.6 Å². The molecular weight excluding hydrogens is 364 g/mol. The van der Waals surface area contributed by atoms with Crippen LogP contribution in [0.4, 0.5) is 13.2 Å². The molecule has 0 spiro atoms. The van der Waals surface area contributed by atoms with Crippen molar-refractivity contribution in [1.29, 1.82) is 0 Å². The number of nitrogens with one attached hydrogen (secondary N) is 1. The summed E-state index contributed by atoms with van der Waals surface area (Å²) in [6, 6.07) is 7.24. The monoisotopic (exact) mass is 388 g/mol. The van der Waals surface area contributed by atoms with Gasteiger partial charge in [-0.2, -0.15) is 13.2 Å². The van der Waals surface area contributed by atoms with Gasteiger partial charge < -0.3 is 10.1 Å². The zero-order chi connectivity index (χ0) is 16.0. The fourth-order valence-corrected chi connectivity index (χ4v) is 2.81. The van der Waals surface area contributed by atoms with Crippen LogP contribution in [0.25, 0.3) is 0 Å². The molecule has 0 saturated carbocycles. The average molecular weight is 389 g/mol. The maximum absolute atomic E-state index is 12.6. The maximum Gasteiger partial charge on any atom is 0.389 e. The highest BCUT2D eigenvalue weighted by atomic mass is 35.5. The standard InChI is InChI=1S/C16H23F3N2O.2ClH/c1-2-22-14-5-3-13(4-6-14)15(7-8-16(17,18)19)21-11-9-20-10-12-21;;/h3-6,15,20H,2,7-12H2,1H3;2*1H/t15-;;/m1../s1. The Bertz CT molecular complexity index is 452. The molecule has 1 N–H and O–H groups in total. The van der Waals surface area contributed by atoms with Crippen LogP contribution in [0.3, 0.4) is 0 Å². The summed E-state index contributed by atoms with van der Waals surface area (Å²) in [5, 5.41) is 3.24. The van der Waals surface area contributed by atoms with E-state index in [0.717, 1.165) is 37.5 Å². The molecule has 0 aliphatic carbocycles. The van der Waals surface area contributed by atoms with Crippen LogP contribution in [0.1, 0.15) is 31.4 Å². The van der Waals surface area contributed by atoms with Crippen LogP contribution in [-0.4, -0.2) is 43.9 Å². The van der Waals surface area contributed by atoms with E-state index in [1.54, 1.807) is 0 Å². The summed E-state index contributed by atoms with van der Waals surface area (Å²) >= 11 is 0. The molecule has 3 nitrogen and oxygen atoms in total. The first kappa shape index (κ1) is 23.3. The Balaban J connectivity index is 0.00000264. The van der Waals surface area contributed by atoms with Gasteiger partial charge in [0.25, 0.3) is 0 Å². The summed E-state index contributed by atoms with van der Waals surface area (Å²) in [5.41, 5.74) is 0.926. The topological polar surface area (TPSA) is 24.5 Å². The van der Waals surface area contributed by atoms with Crippen LogP contribution >= 0.6 is 24.8 Å². The van der Waals surface area contributed by atoms with Gasteiger partial charge in [0.05, 0.1) is 6.61 Å². The minimum absolute atomic E-state index is 0. The van der Waals surface area contributed by atoms with Gasteiger partial charge in [-0.15, -0.1) is 24.8 Å². The molecule has 2 rings (SSSR count). The molecule has 0 aromatic heterocycles. The van der Waals surface area contributed by atoms with Crippen molar-refractivity contribution in [2.75, 3.05) is 32.8 Å². The summed E-state index contributed by atoms with van der Waals surface area (Å²) in [5.74, 6) is 0.751. The SMILES string of the molecule is CCOc1ccc([C@@H](CCC(F)(F)F)N2CCNCC2)cc1.Cl.Cl. The van der Waals surface area contributed by atoms with E-state index in [2.05, 4.69) is 10.2 Å². The molecular formula is C16H25Cl2F3N2O. The van der Waals surface area contributed by atoms with E-state index < -0.39 is 12.6 Å². The molecule has 1 heterocycles. The molecule has 1 aromatic carbocycles. The Morgan fingerprint density at radius 1 is 1.12 bits per heavy atom. The molecule has 0 radical (unpaired) electrons. The van der Waals surface area contributed by atoms with Crippen molar-refractivity contribution in [3.05, 3.63) is 29.8 Å². The third-order valence-electron chi connectivity index (χ3n) is 3.87. The number of ether oxygens (including phenoxy) is 1. The van der Waals surface area contributed by atoms with Crippen molar-refractivity contribution < 1.29 is 17.9 Å². The lowest BCUT2D eigenvalue weighted by Crippen LogP contribution is -2.45. The second-order valence-electron chi connectivity index (χ2n) is 5.46. The number of piperazine rings is 1. The second-order valence-corrected chi connectivity index (χ2v) is 5.46. The van der Waals surface area contributed by atoms with Crippen LogP contribution in [-0.2, 0) is 0 Å². The molecule has 1 fully saturated rings. The first-order chi connectivity index (χ1) is 10.5. The number of hydrogen-bond acceptors (Lipinski definition) is 3. The number of nitrogens with zero attached hydrogens (tertiary/aromatic N) is 1. The van der Waals surface area contributed by atoms with E-state index in [1.807, 2.05) is 31.2 Å². The fraction of sp³-hybridized carbons (Fsp3) is 0.625. The van der Waals surface area contributed by atoms with E-state index in [0.29, 0.717) is 6.61 Å². The number of rotatable bonds is 6. The lowest BCUT2D eigenvalue weighted by molar-refractivity contribution is -0.138. The van der Waals surface area contributed by atoms with Crippen LogP contribution in [0.5, 0.6) is 5.75 Å². The number of benzene rings is 1. The third kappa shape index (κ3) is 7.47. The van der Waals surface area contributed by atoms with Crippen LogP contribution in [0.15, 0.2) is 24.3 Å². The second kappa shape index (κ2) is 11.0. The van der Waals surface area contributed by atoms with E-state index in [9.17, 15) is 13.2 Å². The van der Waals surface area contributed by atoms with Crippen molar-refractivity contribution in [2.45, 2.75) is 32.0 Å². The van der Waals surface area contributed by atoms with Crippen molar-refractivity contribution in [1.82, 2.24) is 10.2 Å². The van der Waals surface area contributed by atoms with Crippen LogP contribution in [0, 0.1) is 0 Å². The highest BCUT2D eigenvalue weighted by Crippen LogP contribution is 2.32. The van der Waals surface area contributed by atoms with Gasteiger partial charge in [-0.3, -0.25) is 4.90 Å². The molecule has 1 aliphatic rings. The Hall–Kier alpha value is -0.690. The van der Waals surface area contributed by atoms with Gasteiger partial charge in [-0.1, -0.05) is 12.1 Å². The smallest absolute Gasteiger partial charge is 0.389 e. The zero-order valence-corrected chi connectivity index (χ0v) is 15.3. The minimum Gasteiger partial charge on any atom is -0.494 e. The maximum atomic E-state index is 12.6. The summed E-state index contributed by atoms with van der Waals surface area (Å²) in [6.07, 6.45) is -4.77. The first-order valence-corrected chi connectivity index (χ1v) is 7.74. The third-order valence-corrected chi connectivity index (χ3v) is 3.87. The predicted octanol–water partition coefficient (Wildman–Crippen LogP) is 4.22. The molecule has 0 unspecified atom stereocenters. The van der Waals surface area contributed by atoms with Crippen LogP contribution in [0.2, 0.25) is 0 Å². The summed E-state index contributed by atoms with van der Waals surface area (Å²) in [7, 11) is 0. The van der Waals surface area contributed by atoms with Crippen molar-refractivity contribution in [2.24, 2.45) is 0 Å². The summed E-state index contributed by atoms with van der Waals surface area (Å²) in [4.78, 5) is 2.14. The zero-order valence-electron chi connectivity index (χ0n) is 13.6. The summed E-state index contributed by atoms with van der Waals surface area (Å²) < 4.78 is 43.2. The molecule has 8 heteroatoms. The molecule has 0 bridgehead atoms. The van der Waals surface area contributed by atoms with E-state index in [-0.39, 0.29) is 37.3 Å². The molecule has 1 atom stereocenters. The highest BCUT2D eigenvalue weighted by Gasteiger charge is 2.31. The largest absolute Gasteiger partial charge is 0.494 e. The fourth-order valence-electron chi connectivity index (χ4n) is 2.81. The summed E-state index contributed by atoms with van der Waals surface area (Å²) in [6.45, 7) is 5.67. The number of hydrogen-bond donors (Lipinski definition) is 1. The van der Waals surface area contributed by atoms with E-state index >= 15 is 0 Å². The molecule has 0 amide bonds. The van der Waals surface area contributed by atoms with Gasteiger partial charge in [0.1, 0.15) is 5.75 Å². The molecule has 1 aliphatic heterocycles. The van der Waals surface area contributed by atoms with Gasteiger partial charge >= 0.3 is 6.18 Å². The number of alkyl halides is 3. The lowest BCUT2D eigenvalue weighted by atomic mass is 9.99. The van der Waals surface area contributed by atoms with Gasteiger partial charge in [0.15, 0.2) is 0 Å². The van der Waals surface area contributed by atoms with Gasteiger partial charge in [-0.25, -0.2) is 0 Å². The predicted molar refractivity (Wildman–Crippen MR) is 94.6 cm³/mol. The number of halogens is 5. The van der Waals surface area contributed by atoms with Gasteiger partial charge in [0.2, 0.25) is 0 Å². The minimum atomic E-state index is -4.11. The normalized spacial score (nSPS) is 16.7. The van der Waals surface area contributed by atoms with E-state index in [1.165, 1.54) is 0 Å². The first-order valence-electron chi connectivity index (χ1n) is 7.74. The van der Waals surface area contributed by atoms with Gasteiger partial charge in [-0.05, 0) is 31.0 Å². The highest BCUT2D eigenvalue weighted by molar-refractivity contribution is 5.85.